The lowest BCUT2D eigenvalue weighted by atomic mass is 9.77. The van der Waals surface area contributed by atoms with Gasteiger partial charge in [-0.3, -0.25) is 14.4 Å². The van der Waals surface area contributed by atoms with Crippen LogP contribution in [0.5, 0.6) is 0 Å². The van der Waals surface area contributed by atoms with Crippen LogP contribution >= 0.6 is 0 Å². The summed E-state index contributed by atoms with van der Waals surface area (Å²) in [5.41, 5.74) is 0.372. The first kappa shape index (κ1) is 24.8. The molecule has 4 fully saturated rings. The van der Waals surface area contributed by atoms with Gasteiger partial charge < -0.3 is 20.3 Å². The quantitative estimate of drug-likeness (QED) is 0.564. The van der Waals surface area contributed by atoms with Crippen molar-refractivity contribution in [3.05, 3.63) is 35.9 Å². The highest BCUT2D eigenvalue weighted by atomic mass is 16.5. The number of methoxy groups -OCH3 is 1. The second-order valence-electron chi connectivity index (χ2n) is 11.6. The van der Waals surface area contributed by atoms with Crippen molar-refractivity contribution in [3.63, 3.8) is 0 Å². The predicted molar refractivity (Wildman–Crippen MR) is 133 cm³/mol. The van der Waals surface area contributed by atoms with Crippen molar-refractivity contribution in [1.82, 2.24) is 15.5 Å². The number of carbonyl (C=O) groups is 4. The third-order valence-electron chi connectivity index (χ3n) is 9.42. The van der Waals surface area contributed by atoms with Gasteiger partial charge in [0.1, 0.15) is 12.1 Å². The minimum absolute atomic E-state index is 0.0270. The van der Waals surface area contributed by atoms with Crippen LogP contribution in [0.1, 0.15) is 57.9 Å². The first-order chi connectivity index (χ1) is 17.2. The van der Waals surface area contributed by atoms with Crippen molar-refractivity contribution in [1.29, 1.82) is 0 Å². The van der Waals surface area contributed by atoms with E-state index in [1.807, 2.05) is 30.3 Å². The van der Waals surface area contributed by atoms with Crippen molar-refractivity contribution in [3.8, 4) is 0 Å². The summed E-state index contributed by atoms with van der Waals surface area (Å²) in [6, 6.07) is 8.39. The van der Waals surface area contributed by atoms with Gasteiger partial charge in [0, 0.05) is 19.0 Å². The first-order valence-corrected chi connectivity index (χ1v) is 13.2. The highest BCUT2D eigenvalue weighted by Gasteiger charge is 2.70. The van der Waals surface area contributed by atoms with Gasteiger partial charge in [0.15, 0.2) is 0 Å². The van der Waals surface area contributed by atoms with E-state index in [4.69, 9.17) is 4.74 Å². The van der Waals surface area contributed by atoms with Gasteiger partial charge in [-0.15, -0.1) is 0 Å². The number of carbonyl (C=O) groups excluding carboxylic acids is 4. The van der Waals surface area contributed by atoms with Gasteiger partial charge in [0.25, 0.3) is 0 Å². The summed E-state index contributed by atoms with van der Waals surface area (Å²) in [6.07, 6.45) is 4.33. The summed E-state index contributed by atoms with van der Waals surface area (Å²) >= 11 is 0. The number of fused-ring (bicyclic) bond motifs is 1. The maximum absolute atomic E-state index is 14.3. The topological polar surface area (TPSA) is 105 Å². The van der Waals surface area contributed by atoms with Crippen LogP contribution in [0.2, 0.25) is 0 Å². The van der Waals surface area contributed by atoms with Crippen LogP contribution in [0.15, 0.2) is 30.3 Å². The number of esters is 1. The molecule has 2 saturated carbocycles. The monoisotopic (exact) mass is 495 g/mol. The fourth-order valence-corrected chi connectivity index (χ4v) is 7.20. The van der Waals surface area contributed by atoms with E-state index in [1.165, 1.54) is 7.11 Å². The zero-order valence-electron chi connectivity index (χ0n) is 21.4. The van der Waals surface area contributed by atoms with Crippen LogP contribution in [0.25, 0.3) is 0 Å². The normalized spacial score (nSPS) is 30.3. The van der Waals surface area contributed by atoms with E-state index in [0.717, 1.165) is 31.2 Å². The average Bonchev–Trinajstić information content (AvgIpc) is 3.43. The molecule has 2 heterocycles. The fourth-order valence-electron chi connectivity index (χ4n) is 7.20. The molecule has 5 rings (SSSR count). The Hall–Kier alpha value is -2.90. The maximum Gasteiger partial charge on any atom is 0.328 e. The zero-order chi connectivity index (χ0) is 25.7. The molecule has 8 heteroatoms. The zero-order valence-corrected chi connectivity index (χ0v) is 21.4. The van der Waals surface area contributed by atoms with E-state index in [-0.39, 0.29) is 47.3 Å². The molecule has 1 aromatic carbocycles. The second-order valence-corrected chi connectivity index (χ2v) is 11.6. The summed E-state index contributed by atoms with van der Waals surface area (Å²) < 4.78 is 4.96. The number of hydrogen-bond acceptors (Lipinski definition) is 5. The lowest BCUT2D eigenvalue weighted by Gasteiger charge is -2.38. The molecular formula is C28H37N3O5. The number of ether oxygens (including phenoxy) is 1. The van der Waals surface area contributed by atoms with Gasteiger partial charge in [-0.2, -0.15) is 0 Å². The molecule has 194 valence electrons. The van der Waals surface area contributed by atoms with E-state index in [2.05, 4.69) is 24.5 Å². The third-order valence-corrected chi connectivity index (χ3v) is 9.42. The minimum atomic E-state index is -0.927. The lowest BCUT2D eigenvalue weighted by molar-refractivity contribution is -0.148. The molecule has 4 aliphatic rings. The highest BCUT2D eigenvalue weighted by molar-refractivity contribution is 5.96. The summed E-state index contributed by atoms with van der Waals surface area (Å²) in [5, 5.41) is 5.67. The Morgan fingerprint density at radius 1 is 1.17 bits per heavy atom. The van der Waals surface area contributed by atoms with E-state index < -0.39 is 23.5 Å². The standard InChI is InChI=1S/C28H37N3O5/c1-27(2)19-16-31(26(35)28(12-7-8-13-28)18-9-5-4-6-10-18)22(21(19)27)24(33)30-20(25(34)36-3)15-17-11-14-29-23(17)32/h4-6,9-10,17,19-22H,7-8,11-16H2,1-3H3,(H,29,32)(H,30,33)/t17-,19-,20-,21-,22-/m0/s1. The number of likely N-dealkylation sites (tertiary alicyclic amines) is 1. The molecule has 5 atom stereocenters. The molecular weight excluding hydrogens is 458 g/mol. The molecule has 0 unspecified atom stereocenters. The van der Waals surface area contributed by atoms with Gasteiger partial charge in [-0.1, -0.05) is 57.0 Å². The number of nitrogens with zero attached hydrogens (tertiary/aromatic N) is 1. The Labute approximate surface area is 212 Å². The molecule has 2 aliphatic carbocycles. The van der Waals surface area contributed by atoms with Crippen molar-refractivity contribution in [2.75, 3.05) is 20.2 Å². The SMILES string of the molecule is COC(=O)[C@H](C[C@@H]1CCNC1=O)NC(=O)[C@@H]1[C@@H]2[C@H](CN1C(=O)C1(c3ccccc3)CCCC1)C2(C)C. The van der Waals surface area contributed by atoms with E-state index in [1.54, 1.807) is 4.90 Å². The van der Waals surface area contributed by atoms with Crippen molar-refractivity contribution in [2.45, 2.75) is 69.9 Å². The molecule has 8 nitrogen and oxygen atoms in total. The number of benzene rings is 1. The third kappa shape index (κ3) is 3.98. The number of piperidine rings is 1. The molecule has 3 amide bonds. The molecule has 2 aliphatic heterocycles. The second kappa shape index (κ2) is 9.20. The highest BCUT2D eigenvalue weighted by Crippen LogP contribution is 2.65. The fraction of sp³-hybridized carbons (Fsp3) is 0.643. The van der Waals surface area contributed by atoms with Crippen molar-refractivity contribution in [2.24, 2.45) is 23.2 Å². The van der Waals surface area contributed by atoms with Gasteiger partial charge >= 0.3 is 5.97 Å². The van der Waals surface area contributed by atoms with E-state index >= 15 is 0 Å². The Bertz CT molecular complexity index is 1050. The predicted octanol–water partition coefficient (Wildman–Crippen LogP) is 2.17. The van der Waals surface area contributed by atoms with Crippen LogP contribution in [0.3, 0.4) is 0 Å². The number of amides is 3. The molecule has 1 aromatic rings. The largest absolute Gasteiger partial charge is 0.467 e. The smallest absolute Gasteiger partial charge is 0.328 e. The average molecular weight is 496 g/mol. The molecule has 0 radical (unpaired) electrons. The van der Waals surface area contributed by atoms with E-state index in [0.29, 0.717) is 19.5 Å². The first-order valence-electron chi connectivity index (χ1n) is 13.2. The molecule has 2 saturated heterocycles. The van der Waals surface area contributed by atoms with Crippen LogP contribution in [0.4, 0.5) is 0 Å². The summed E-state index contributed by atoms with van der Waals surface area (Å²) in [4.78, 5) is 54.6. The summed E-state index contributed by atoms with van der Waals surface area (Å²) in [6.45, 7) is 5.41. The Morgan fingerprint density at radius 2 is 1.86 bits per heavy atom. The van der Waals surface area contributed by atoms with E-state index in [9.17, 15) is 19.2 Å². The molecule has 36 heavy (non-hydrogen) atoms. The van der Waals surface area contributed by atoms with Gasteiger partial charge in [0.05, 0.1) is 12.5 Å². The van der Waals surface area contributed by atoms with Crippen LogP contribution in [-0.4, -0.2) is 60.9 Å². The number of rotatable bonds is 7. The van der Waals surface area contributed by atoms with Crippen molar-refractivity contribution < 1.29 is 23.9 Å². The van der Waals surface area contributed by atoms with Crippen molar-refractivity contribution >= 4 is 23.7 Å². The molecule has 0 aromatic heterocycles. The summed E-state index contributed by atoms with van der Waals surface area (Å²) in [7, 11) is 1.28. The Balaban J connectivity index is 1.40. The van der Waals surface area contributed by atoms with Gasteiger partial charge in [-0.05, 0) is 48.5 Å². The Kier molecular flexibility index (Phi) is 6.33. The molecule has 0 spiro atoms. The van der Waals surface area contributed by atoms with Crippen LogP contribution < -0.4 is 10.6 Å². The lowest BCUT2D eigenvalue weighted by Crippen LogP contribution is -2.57. The minimum Gasteiger partial charge on any atom is -0.467 e. The van der Waals surface area contributed by atoms with Crippen LogP contribution in [-0.2, 0) is 29.3 Å². The number of nitrogens with one attached hydrogen (secondary N) is 2. The number of hydrogen-bond donors (Lipinski definition) is 2. The summed E-state index contributed by atoms with van der Waals surface area (Å²) in [5.74, 6) is -1.02. The van der Waals surface area contributed by atoms with Gasteiger partial charge in [-0.25, -0.2) is 4.79 Å². The van der Waals surface area contributed by atoms with Crippen LogP contribution in [0, 0.1) is 23.2 Å². The Morgan fingerprint density at radius 3 is 2.47 bits per heavy atom. The molecule has 2 N–H and O–H groups in total. The molecule has 0 bridgehead atoms. The van der Waals surface area contributed by atoms with Gasteiger partial charge in [0.2, 0.25) is 17.7 Å². The maximum atomic E-state index is 14.3.